The third-order valence-corrected chi connectivity index (χ3v) is 10.7. The number of sulfonamides is 2. The molecule has 2 aliphatic heterocycles. The highest BCUT2D eigenvalue weighted by Gasteiger charge is 2.29. The molecule has 1 amide bonds. The van der Waals surface area contributed by atoms with Gasteiger partial charge in [0.1, 0.15) is 5.75 Å². The second-order valence-electron chi connectivity index (χ2n) is 9.23. The fraction of sp³-hybridized carbons (Fsp3) is 0.480. The van der Waals surface area contributed by atoms with Gasteiger partial charge in [-0.25, -0.2) is 16.8 Å². The van der Waals surface area contributed by atoms with Gasteiger partial charge in [-0.2, -0.15) is 8.61 Å². The van der Waals surface area contributed by atoms with E-state index in [0.717, 1.165) is 38.5 Å². The number of amides is 1. The van der Waals surface area contributed by atoms with Gasteiger partial charge in [0.15, 0.2) is 0 Å². The van der Waals surface area contributed by atoms with Crippen molar-refractivity contribution in [1.82, 2.24) is 8.61 Å². The number of nitrogens with zero attached hydrogens (tertiary/aromatic N) is 2. The van der Waals surface area contributed by atoms with Crippen LogP contribution in [0.25, 0.3) is 0 Å². The first-order chi connectivity index (χ1) is 17.1. The normalized spacial score (nSPS) is 18.1. The number of hydrogen-bond donors (Lipinski definition) is 1. The van der Waals surface area contributed by atoms with E-state index >= 15 is 0 Å². The Kier molecular flexibility index (Phi) is 8.03. The van der Waals surface area contributed by atoms with Gasteiger partial charge in [0.05, 0.1) is 22.6 Å². The molecule has 0 radical (unpaired) electrons. The van der Waals surface area contributed by atoms with Crippen molar-refractivity contribution in [2.24, 2.45) is 0 Å². The van der Waals surface area contributed by atoms with Gasteiger partial charge in [0.25, 0.3) is 5.91 Å². The molecule has 2 fully saturated rings. The predicted molar refractivity (Wildman–Crippen MR) is 137 cm³/mol. The lowest BCUT2D eigenvalue weighted by molar-refractivity contribution is 0.102. The minimum absolute atomic E-state index is 0.0674. The van der Waals surface area contributed by atoms with Gasteiger partial charge in [-0.3, -0.25) is 4.79 Å². The first-order valence-corrected chi connectivity index (χ1v) is 15.1. The van der Waals surface area contributed by atoms with Crippen molar-refractivity contribution in [3.8, 4) is 5.75 Å². The van der Waals surface area contributed by atoms with Gasteiger partial charge >= 0.3 is 0 Å². The summed E-state index contributed by atoms with van der Waals surface area (Å²) in [5.74, 6) is -0.259. The zero-order valence-electron chi connectivity index (χ0n) is 20.7. The highest BCUT2D eigenvalue weighted by atomic mass is 32.2. The molecule has 36 heavy (non-hydrogen) atoms. The van der Waals surface area contributed by atoms with Crippen LogP contribution in [0.15, 0.2) is 46.2 Å². The molecule has 9 nitrogen and oxygen atoms in total. The molecule has 0 bridgehead atoms. The summed E-state index contributed by atoms with van der Waals surface area (Å²) in [7, 11) is -6.01. The zero-order valence-corrected chi connectivity index (χ0v) is 22.3. The van der Waals surface area contributed by atoms with Crippen LogP contribution in [0.1, 0.15) is 54.4 Å². The Bertz CT molecular complexity index is 1330. The average molecular weight is 536 g/mol. The number of rotatable bonds is 7. The lowest BCUT2D eigenvalue weighted by Crippen LogP contribution is -2.36. The number of benzene rings is 2. The number of ether oxygens (including phenoxy) is 1. The summed E-state index contributed by atoms with van der Waals surface area (Å²) in [6.45, 7) is 3.57. The summed E-state index contributed by atoms with van der Waals surface area (Å²) in [4.78, 5) is 13.3. The Morgan fingerprint density at radius 3 is 1.97 bits per heavy atom. The van der Waals surface area contributed by atoms with E-state index in [-0.39, 0.29) is 21.0 Å². The molecule has 4 rings (SSSR count). The number of anilines is 1. The topological polar surface area (TPSA) is 113 Å². The summed E-state index contributed by atoms with van der Waals surface area (Å²) in [5.41, 5.74) is 0.911. The maximum absolute atomic E-state index is 13.2. The van der Waals surface area contributed by atoms with Crippen LogP contribution >= 0.6 is 0 Å². The molecule has 0 atom stereocenters. The highest BCUT2D eigenvalue weighted by Crippen LogP contribution is 2.31. The van der Waals surface area contributed by atoms with Crippen molar-refractivity contribution in [3.05, 3.63) is 47.5 Å². The van der Waals surface area contributed by atoms with Gasteiger partial charge in [0.2, 0.25) is 20.0 Å². The molecule has 0 saturated carbocycles. The van der Waals surface area contributed by atoms with Crippen molar-refractivity contribution in [1.29, 1.82) is 0 Å². The molecular formula is C25H33N3O6S2. The summed E-state index contributed by atoms with van der Waals surface area (Å²) in [6.07, 6.45) is 5.26. The maximum atomic E-state index is 13.2. The summed E-state index contributed by atoms with van der Waals surface area (Å²) in [5, 5.41) is 2.72. The van der Waals surface area contributed by atoms with Gasteiger partial charge in [-0.05, 0) is 68.5 Å². The number of carbonyl (C=O) groups is 1. The van der Waals surface area contributed by atoms with Crippen molar-refractivity contribution in [2.45, 2.75) is 55.2 Å². The van der Waals surface area contributed by atoms with Crippen molar-refractivity contribution in [2.75, 3.05) is 38.6 Å². The van der Waals surface area contributed by atoms with E-state index in [1.807, 2.05) is 0 Å². The molecule has 1 N–H and O–H groups in total. The van der Waals surface area contributed by atoms with Crippen molar-refractivity contribution >= 4 is 31.6 Å². The SMILES string of the molecule is COc1ccc(S(=O)(=O)N2CCCCC2)cc1NC(=O)c1ccc(C)c(S(=O)(=O)N2CCCCC2)c1. The molecule has 2 aromatic carbocycles. The molecule has 11 heteroatoms. The van der Waals surface area contributed by atoms with Crippen LogP contribution in [0, 0.1) is 6.92 Å². The van der Waals surface area contributed by atoms with Crippen LogP contribution in [-0.4, -0.2) is 64.6 Å². The molecule has 2 saturated heterocycles. The van der Waals surface area contributed by atoms with Crippen LogP contribution in [0.5, 0.6) is 5.75 Å². The monoisotopic (exact) mass is 535 g/mol. The van der Waals surface area contributed by atoms with Crippen molar-refractivity contribution < 1.29 is 26.4 Å². The van der Waals surface area contributed by atoms with Crippen LogP contribution in [0.3, 0.4) is 0 Å². The number of nitrogens with one attached hydrogen (secondary N) is 1. The Hall–Kier alpha value is -2.47. The number of carbonyl (C=O) groups excluding carboxylic acids is 1. The number of piperidine rings is 2. The van der Waals surface area contributed by atoms with Gasteiger partial charge in [-0.15, -0.1) is 0 Å². The molecule has 0 aromatic heterocycles. The Labute approximate surface area is 213 Å². The first-order valence-electron chi connectivity index (χ1n) is 12.2. The summed E-state index contributed by atoms with van der Waals surface area (Å²) < 4.78 is 61.1. The largest absolute Gasteiger partial charge is 0.495 e. The van der Waals surface area contributed by atoms with Gasteiger partial charge < -0.3 is 10.1 Å². The Morgan fingerprint density at radius 1 is 0.806 bits per heavy atom. The predicted octanol–water partition coefficient (Wildman–Crippen LogP) is 3.61. The Balaban J connectivity index is 1.62. The van der Waals surface area contributed by atoms with Gasteiger partial charge in [0, 0.05) is 31.7 Å². The van der Waals surface area contributed by atoms with E-state index in [1.54, 1.807) is 19.1 Å². The third-order valence-electron chi connectivity index (χ3n) is 6.76. The van der Waals surface area contributed by atoms with Crippen molar-refractivity contribution in [3.63, 3.8) is 0 Å². The summed E-state index contributed by atoms with van der Waals surface area (Å²) >= 11 is 0. The van der Waals surface area contributed by atoms with E-state index in [4.69, 9.17) is 4.74 Å². The standard InChI is InChI=1S/C25H33N3O6S2/c1-19-9-10-20(17-24(19)36(32,33)28-15-7-4-8-16-28)25(29)26-22-18-21(11-12-23(22)34-2)35(30,31)27-13-5-3-6-14-27/h9-12,17-18H,3-8,13-16H2,1-2H3,(H,26,29). The van der Waals surface area contributed by atoms with Crippen LogP contribution in [0.2, 0.25) is 0 Å². The number of hydrogen-bond acceptors (Lipinski definition) is 6. The minimum Gasteiger partial charge on any atom is -0.495 e. The number of aryl methyl sites for hydroxylation is 1. The second kappa shape index (κ2) is 10.9. The molecular weight excluding hydrogens is 502 g/mol. The smallest absolute Gasteiger partial charge is 0.255 e. The maximum Gasteiger partial charge on any atom is 0.255 e. The molecule has 0 aliphatic carbocycles. The van der Waals surface area contributed by atoms with E-state index < -0.39 is 26.0 Å². The number of methoxy groups -OCH3 is 1. The first kappa shape index (κ1) is 26.6. The molecule has 196 valence electrons. The lowest BCUT2D eigenvalue weighted by Gasteiger charge is -2.26. The fourth-order valence-electron chi connectivity index (χ4n) is 4.66. The minimum atomic E-state index is -3.73. The van der Waals surface area contributed by atoms with Crippen LogP contribution < -0.4 is 10.1 Å². The molecule has 0 spiro atoms. The van der Waals surface area contributed by atoms with E-state index in [2.05, 4.69) is 5.32 Å². The zero-order chi connectivity index (χ0) is 25.9. The molecule has 2 aliphatic rings. The lowest BCUT2D eigenvalue weighted by atomic mass is 10.1. The third kappa shape index (κ3) is 5.44. The van der Waals surface area contributed by atoms with Crippen LogP contribution in [0.4, 0.5) is 5.69 Å². The molecule has 0 unspecified atom stereocenters. The van der Waals surface area contributed by atoms with Crippen LogP contribution in [-0.2, 0) is 20.0 Å². The fourth-order valence-corrected chi connectivity index (χ4v) is 7.97. The average Bonchev–Trinajstić information content (AvgIpc) is 2.89. The highest BCUT2D eigenvalue weighted by molar-refractivity contribution is 7.89. The van der Waals surface area contributed by atoms with Gasteiger partial charge in [-0.1, -0.05) is 18.9 Å². The van der Waals surface area contributed by atoms with E-state index in [1.165, 1.54) is 40.0 Å². The van der Waals surface area contributed by atoms with E-state index in [9.17, 15) is 21.6 Å². The quantitative estimate of drug-likeness (QED) is 0.580. The second-order valence-corrected chi connectivity index (χ2v) is 13.1. The Morgan fingerprint density at radius 2 is 1.39 bits per heavy atom. The van der Waals surface area contributed by atoms with E-state index in [0.29, 0.717) is 37.5 Å². The molecule has 2 heterocycles. The molecule has 2 aromatic rings. The summed E-state index contributed by atoms with van der Waals surface area (Å²) in [6, 6.07) is 8.91.